The van der Waals surface area contributed by atoms with Crippen LogP contribution in [0.4, 0.5) is 11.7 Å². The van der Waals surface area contributed by atoms with Crippen LogP contribution in [-0.4, -0.2) is 16.7 Å². The number of hydrogen-bond donors (Lipinski definition) is 2. The van der Waals surface area contributed by atoms with E-state index in [-0.39, 0.29) is 0 Å². The second-order valence-electron chi connectivity index (χ2n) is 3.53. The van der Waals surface area contributed by atoms with E-state index in [1.165, 1.54) is 0 Å². The molecule has 0 unspecified atom stereocenters. The zero-order chi connectivity index (χ0) is 13.0. The minimum Gasteiger partial charge on any atom is -0.406 e. The van der Waals surface area contributed by atoms with Crippen molar-refractivity contribution in [3.05, 3.63) is 33.6 Å². The van der Waals surface area contributed by atoms with E-state index in [2.05, 4.69) is 36.8 Å². The van der Waals surface area contributed by atoms with Crippen molar-refractivity contribution in [2.45, 2.75) is 13.5 Å². The number of benzene rings is 1. The normalized spacial score (nSPS) is 10.6. The van der Waals surface area contributed by atoms with Gasteiger partial charge in [0.25, 0.3) is 0 Å². The van der Waals surface area contributed by atoms with Gasteiger partial charge in [0.1, 0.15) is 0 Å². The Balaban J connectivity index is 2.06. The maximum atomic E-state index is 6.08. The highest BCUT2D eigenvalue weighted by Crippen LogP contribution is 2.27. The fourth-order valence-corrected chi connectivity index (χ4v) is 2.03. The summed E-state index contributed by atoms with van der Waals surface area (Å²) in [5.74, 6) is 0.535. The van der Waals surface area contributed by atoms with E-state index in [4.69, 9.17) is 16.0 Å². The highest BCUT2D eigenvalue weighted by Gasteiger charge is 2.07. The third-order valence-corrected chi connectivity index (χ3v) is 2.97. The lowest BCUT2D eigenvalue weighted by molar-refractivity contribution is 0.484. The SMILES string of the molecule is CCNCc1nnc(Nc2ccc(Br)cc2Cl)o1. The van der Waals surface area contributed by atoms with Crippen molar-refractivity contribution in [1.29, 1.82) is 0 Å². The van der Waals surface area contributed by atoms with E-state index < -0.39 is 0 Å². The van der Waals surface area contributed by atoms with Gasteiger partial charge in [-0.3, -0.25) is 0 Å². The Morgan fingerprint density at radius 3 is 2.94 bits per heavy atom. The van der Waals surface area contributed by atoms with Crippen LogP contribution in [-0.2, 0) is 6.54 Å². The summed E-state index contributed by atoms with van der Waals surface area (Å²) in [6.07, 6.45) is 0. The lowest BCUT2D eigenvalue weighted by Gasteiger charge is -2.03. The van der Waals surface area contributed by atoms with Crippen molar-refractivity contribution in [3.8, 4) is 0 Å². The first-order chi connectivity index (χ1) is 8.69. The standard InChI is InChI=1S/C11H12BrClN4O/c1-2-14-6-10-16-17-11(18-10)15-9-4-3-7(12)5-8(9)13/h3-5,14H,2,6H2,1H3,(H,15,17). The molecule has 0 aliphatic heterocycles. The molecule has 18 heavy (non-hydrogen) atoms. The molecular weight excluding hydrogens is 320 g/mol. The molecule has 0 fully saturated rings. The molecule has 0 amide bonds. The van der Waals surface area contributed by atoms with Crippen LogP contribution in [0.3, 0.4) is 0 Å². The first-order valence-corrected chi connectivity index (χ1v) is 6.61. The van der Waals surface area contributed by atoms with Crippen molar-refractivity contribution in [2.75, 3.05) is 11.9 Å². The van der Waals surface area contributed by atoms with Crippen molar-refractivity contribution < 1.29 is 4.42 Å². The molecule has 2 aromatic rings. The predicted molar refractivity (Wildman–Crippen MR) is 74.1 cm³/mol. The van der Waals surface area contributed by atoms with Crippen LogP contribution in [0.15, 0.2) is 27.1 Å². The van der Waals surface area contributed by atoms with E-state index >= 15 is 0 Å². The van der Waals surface area contributed by atoms with Gasteiger partial charge in [-0.25, -0.2) is 0 Å². The van der Waals surface area contributed by atoms with Crippen molar-refractivity contribution in [1.82, 2.24) is 15.5 Å². The van der Waals surface area contributed by atoms with Gasteiger partial charge in [-0.15, -0.1) is 5.10 Å². The number of anilines is 2. The molecule has 0 saturated carbocycles. The third-order valence-electron chi connectivity index (χ3n) is 2.17. The summed E-state index contributed by atoms with van der Waals surface area (Å²) < 4.78 is 6.32. The van der Waals surface area contributed by atoms with Crippen LogP contribution in [0.25, 0.3) is 0 Å². The van der Waals surface area contributed by atoms with Crippen LogP contribution in [0.2, 0.25) is 5.02 Å². The van der Waals surface area contributed by atoms with Gasteiger partial charge in [-0.2, -0.15) is 0 Å². The molecule has 1 heterocycles. The van der Waals surface area contributed by atoms with Gasteiger partial charge in [0.15, 0.2) is 0 Å². The molecule has 1 aromatic heterocycles. The molecule has 1 aromatic carbocycles. The average molecular weight is 332 g/mol. The number of hydrogen-bond acceptors (Lipinski definition) is 5. The Morgan fingerprint density at radius 1 is 1.39 bits per heavy atom. The van der Waals surface area contributed by atoms with E-state index in [0.29, 0.717) is 23.5 Å². The van der Waals surface area contributed by atoms with Crippen LogP contribution < -0.4 is 10.6 Å². The highest BCUT2D eigenvalue weighted by atomic mass is 79.9. The maximum absolute atomic E-state index is 6.08. The largest absolute Gasteiger partial charge is 0.406 e. The van der Waals surface area contributed by atoms with Crippen molar-refractivity contribution in [3.63, 3.8) is 0 Å². The molecule has 0 bridgehead atoms. The first kappa shape index (κ1) is 13.3. The Bertz CT molecular complexity index is 532. The molecule has 0 aliphatic carbocycles. The lowest BCUT2D eigenvalue weighted by atomic mass is 10.3. The summed E-state index contributed by atoms with van der Waals surface area (Å²) in [6.45, 7) is 3.42. The van der Waals surface area contributed by atoms with Crippen LogP contribution in [0.5, 0.6) is 0 Å². The Labute approximate surface area is 118 Å². The number of halogens is 2. The molecule has 0 aliphatic rings. The van der Waals surface area contributed by atoms with Gasteiger partial charge >= 0.3 is 6.01 Å². The molecule has 0 radical (unpaired) electrons. The quantitative estimate of drug-likeness (QED) is 0.880. The monoisotopic (exact) mass is 330 g/mol. The van der Waals surface area contributed by atoms with Gasteiger partial charge in [0.2, 0.25) is 5.89 Å². The van der Waals surface area contributed by atoms with Gasteiger partial charge in [-0.1, -0.05) is 39.6 Å². The summed E-state index contributed by atoms with van der Waals surface area (Å²) in [6, 6.07) is 5.83. The molecular formula is C11H12BrClN4O. The third kappa shape index (κ3) is 3.44. The van der Waals surface area contributed by atoms with Gasteiger partial charge < -0.3 is 15.1 Å². The van der Waals surface area contributed by atoms with Gasteiger partial charge in [-0.05, 0) is 24.7 Å². The highest BCUT2D eigenvalue weighted by molar-refractivity contribution is 9.10. The maximum Gasteiger partial charge on any atom is 0.320 e. The van der Waals surface area contributed by atoms with Crippen LogP contribution in [0.1, 0.15) is 12.8 Å². The Morgan fingerprint density at radius 2 is 2.22 bits per heavy atom. The van der Waals surface area contributed by atoms with Crippen LogP contribution >= 0.6 is 27.5 Å². The second kappa shape index (κ2) is 6.17. The summed E-state index contributed by atoms with van der Waals surface area (Å²) >= 11 is 9.42. The topological polar surface area (TPSA) is 63.0 Å². The van der Waals surface area contributed by atoms with Crippen LogP contribution in [0, 0.1) is 0 Å². The van der Waals surface area contributed by atoms with Crippen molar-refractivity contribution >= 4 is 39.2 Å². The Kier molecular flexibility index (Phi) is 4.57. The molecule has 5 nitrogen and oxygen atoms in total. The second-order valence-corrected chi connectivity index (χ2v) is 4.85. The molecule has 96 valence electrons. The molecule has 0 atom stereocenters. The number of aromatic nitrogens is 2. The fraction of sp³-hybridized carbons (Fsp3) is 0.273. The van der Waals surface area contributed by atoms with E-state index in [1.54, 1.807) is 6.07 Å². The summed E-state index contributed by atoms with van der Waals surface area (Å²) in [5, 5.41) is 14.5. The summed E-state index contributed by atoms with van der Waals surface area (Å²) in [4.78, 5) is 0. The molecule has 7 heteroatoms. The number of nitrogens with one attached hydrogen (secondary N) is 2. The predicted octanol–water partition coefficient (Wildman–Crippen LogP) is 3.34. The van der Waals surface area contributed by atoms with Gasteiger partial charge in [0.05, 0.1) is 17.3 Å². The molecule has 0 spiro atoms. The van der Waals surface area contributed by atoms with E-state index in [1.807, 2.05) is 19.1 Å². The van der Waals surface area contributed by atoms with E-state index in [9.17, 15) is 0 Å². The fourth-order valence-electron chi connectivity index (χ4n) is 1.31. The van der Waals surface area contributed by atoms with E-state index in [0.717, 1.165) is 16.7 Å². The molecule has 0 saturated heterocycles. The summed E-state index contributed by atoms with van der Waals surface area (Å²) in [5.41, 5.74) is 0.721. The first-order valence-electron chi connectivity index (χ1n) is 5.44. The molecule has 2 N–H and O–H groups in total. The zero-order valence-corrected chi connectivity index (χ0v) is 12.0. The summed E-state index contributed by atoms with van der Waals surface area (Å²) in [7, 11) is 0. The van der Waals surface area contributed by atoms with Crippen molar-refractivity contribution in [2.24, 2.45) is 0 Å². The lowest BCUT2D eigenvalue weighted by Crippen LogP contribution is -2.11. The van der Waals surface area contributed by atoms with Gasteiger partial charge in [0, 0.05) is 4.47 Å². The minimum absolute atomic E-state index is 0.326. The number of nitrogens with zero attached hydrogens (tertiary/aromatic N) is 2. The smallest absolute Gasteiger partial charge is 0.320 e. The average Bonchev–Trinajstić information content (AvgIpc) is 2.78. The zero-order valence-electron chi connectivity index (χ0n) is 9.70. The minimum atomic E-state index is 0.326. The Hall–Kier alpha value is -1.11. The number of rotatable bonds is 5. The molecule has 2 rings (SSSR count).